The summed E-state index contributed by atoms with van der Waals surface area (Å²) >= 11 is 0. The Hall–Kier alpha value is -2.08. The molecule has 0 heterocycles. The molecule has 0 saturated heterocycles. The number of esters is 1. The lowest BCUT2D eigenvalue weighted by atomic mass is 9.99. The number of amides is 1. The van der Waals surface area contributed by atoms with Crippen molar-refractivity contribution in [3.8, 4) is 5.75 Å². The normalized spacial score (nSPS) is 13.0. The summed E-state index contributed by atoms with van der Waals surface area (Å²) in [5.41, 5.74) is -0.120. The van der Waals surface area contributed by atoms with Crippen LogP contribution in [0.5, 0.6) is 5.75 Å². The number of carbonyl (C=O) groups is 2. The lowest BCUT2D eigenvalue weighted by Crippen LogP contribution is -2.41. The van der Waals surface area contributed by atoms with Gasteiger partial charge in [0.25, 0.3) is 5.91 Å². The van der Waals surface area contributed by atoms with Crippen LogP contribution in [0.4, 0.5) is 5.69 Å². The fraction of sp³-hybridized carbons (Fsp3) is 0.600. The zero-order valence-corrected chi connectivity index (χ0v) is 16.5. The summed E-state index contributed by atoms with van der Waals surface area (Å²) in [6.07, 6.45) is 3.30. The van der Waals surface area contributed by atoms with Crippen molar-refractivity contribution < 1.29 is 23.8 Å². The molecular weight excluding hydrogens is 334 g/mol. The molecule has 6 heteroatoms. The van der Waals surface area contributed by atoms with Crippen molar-refractivity contribution in [2.24, 2.45) is 0 Å². The first-order valence-corrected chi connectivity index (χ1v) is 9.22. The van der Waals surface area contributed by atoms with E-state index in [0.29, 0.717) is 30.0 Å². The highest BCUT2D eigenvalue weighted by Crippen LogP contribution is 2.26. The smallest absolute Gasteiger partial charge is 0.341 e. The highest BCUT2D eigenvalue weighted by Gasteiger charge is 2.32. The Morgan fingerprint density at radius 1 is 1.15 bits per heavy atom. The molecule has 146 valence electrons. The zero-order chi connectivity index (χ0) is 19.6. The van der Waals surface area contributed by atoms with Gasteiger partial charge in [-0.2, -0.15) is 0 Å². The fourth-order valence-corrected chi connectivity index (χ4v) is 2.48. The van der Waals surface area contributed by atoms with Gasteiger partial charge in [0.05, 0.1) is 13.2 Å². The number of unbranched alkanes of at least 4 members (excludes halogenated alkanes) is 1. The number of anilines is 1. The Kier molecular flexibility index (Phi) is 9.13. The van der Waals surface area contributed by atoms with E-state index in [1.165, 1.54) is 7.11 Å². The van der Waals surface area contributed by atoms with Gasteiger partial charge in [0.2, 0.25) is 0 Å². The van der Waals surface area contributed by atoms with Crippen molar-refractivity contribution in [2.75, 3.05) is 25.6 Å². The third-order valence-corrected chi connectivity index (χ3v) is 4.15. The molecule has 0 aromatic heterocycles. The minimum absolute atomic E-state index is 0.253. The van der Waals surface area contributed by atoms with Crippen LogP contribution in [0.15, 0.2) is 18.2 Å². The van der Waals surface area contributed by atoms with Crippen molar-refractivity contribution in [1.29, 1.82) is 0 Å². The average Bonchev–Trinajstić information content (AvgIpc) is 2.63. The van der Waals surface area contributed by atoms with Crippen LogP contribution in [0.2, 0.25) is 0 Å². The molecule has 0 fully saturated rings. The van der Waals surface area contributed by atoms with Crippen molar-refractivity contribution in [1.82, 2.24) is 0 Å². The number of benzene rings is 1. The Morgan fingerprint density at radius 3 is 2.46 bits per heavy atom. The van der Waals surface area contributed by atoms with Gasteiger partial charge in [-0.3, -0.25) is 4.79 Å². The number of rotatable bonds is 11. The zero-order valence-electron chi connectivity index (χ0n) is 16.5. The lowest BCUT2D eigenvalue weighted by molar-refractivity contribution is -0.136. The van der Waals surface area contributed by atoms with Crippen LogP contribution in [0.25, 0.3) is 0 Å². The van der Waals surface area contributed by atoms with Gasteiger partial charge in [-0.15, -0.1) is 0 Å². The predicted octanol–water partition coefficient (Wildman–Crippen LogP) is 4.19. The van der Waals surface area contributed by atoms with Crippen LogP contribution in [-0.4, -0.2) is 37.8 Å². The molecule has 0 unspecified atom stereocenters. The van der Waals surface area contributed by atoms with E-state index in [-0.39, 0.29) is 12.5 Å². The van der Waals surface area contributed by atoms with Gasteiger partial charge in [-0.1, -0.05) is 26.7 Å². The topological polar surface area (TPSA) is 73.9 Å². The SMILES string of the molecule is CCCCOc1ccc(NC(=O)[C@](C)(CCC)OC)cc1C(=O)OCC. The van der Waals surface area contributed by atoms with Crippen molar-refractivity contribution in [3.63, 3.8) is 0 Å². The number of ether oxygens (including phenoxy) is 3. The summed E-state index contributed by atoms with van der Waals surface area (Å²) in [4.78, 5) is 24.8. The molecule has 1 rings (SSSR count). The fourth-order valence-electron chi connectivity index (χ4n) is 2.48. The minimum Gasteiger partial charge on any atom is -0.493 e. The maximum atomic E-state index is 12.6. The van der Waals surface area contributed by atoms with Gasteiger partial charge in [0.1, 0.15) is 16.9 Å². The number of carbonyl (C=O) groups excluding carboxylic acids is 2. The largest absolute Gasteiger partial charge is 0.493 e. The van der Waals surface area contributed by atoms with Crippen LogP contribution in [0.1, 0.15) is 63.7 Å². The van der Waals surface area contributed by atoms with E-state index in [2.05, 4.69) is 12.2 Å². The Balaban J connectivity index is 3.04. The maximum Gasteiger partial charge on any atom is 0.341 e. The number of methoxy groups -OCH3 is 1. The summed E-state index contributed by atoms with van der Waals surface area (Å²) in [6, 6.07) is 4.98. The summed E-state index contributed by atoms with van der Waals surface area (Å²) in [7, 11) is 1.52. The van der Waals surface area contributed by atoms with Gasteiger partial charge in [-0.05, 0) is 44.9 Å². The van der Waals surface area contributed by atoms with Crippen molar-refractivity contribution >= 4 is 17.6 Å². The summed E-state index contributed by atoms with van der Waals surface area (Å²) in [5.74, 6) is -0.271. The van der Waals surface area contributed by atoms with Crippen LogP contribution >= 0.6 is 0 Å². The Labute approximate surface area is 156 Å². The molecule has 0 radical (unpaired) electrons. The molecule has 0 saturated carbocycles. The van der Waals surface area contributed by atoms with Gasteiger partial charge in [0.15, 0.2) is 0 Å². The molecule has 0 bridgehead atoms. The molecule has 6 nitrogen and oxygen atoms in total. The molecule has 0 spiro atoms. The van der Waals surface area contributed by atoms with E-state index >= 15 is 0 Å². The molecule has 0 aliphatic rings. The molecular formula is C20H31NO5. The Bertz CT molecular complexity index is 602. The molecule has 1 N–H and O–H groups in total. The third-order valence-electron chi connectivity index (χ3n) is 4.15. The molecule has 1 aromatic rings. The van der Waals surface area contributed by atoms with Crippen LogP contribution < -0.4 is 10.1 Å². The summed E-state index contributed by atoms with van der Waals surface area (Å²) in [6.45, 7) is 8.34. The second-order valence-electron chi connectivity index (χ2n) is 6.27. The lowest BCUT2D eigenvalue weighted by Gasteiger charge is -2.26. The predicted molar refractivity (Wildman–Crippen MR) is 102 cm³/mol. The quantitative estimate of drug-likeness (QED) is 0.470. The molecule has 0 aliphatic heterocycles. The molecule has 1 aromatic carbocycles. The van der Waals surface area contributed by atoms with E-state index in [9.17, 15) is 9.59 Å². The Morgan fingerprint density at radius 2 is 1.88 bits per heavy atom. The average molecular weight is 365 g/mol. The van der Waals surface area contributed by atoms with Crippen LogP contribution in [0.3, 0.4) is 0 Å². The first kappa shape index (κ1) is 22.0. The first-order valence-electron chi connectivity index (χ1n) is 9.22. The van der Waals surface area contributed by atoms with E-state index in [0.717, 1.165) is 19.3 Å². The van der Waals surface area contributed by atoms with Crippen molar-refractivity contribution in [3.05, 3.63) is 23.8 Å². The van der Waals surface area contributed by atoms with Crippen LogP contribution in [0, 0.1) is 0 Å². The number of hydrogen-bond acceptors (Lipinski definition) is 5. The molecule has 1 amide bonds. The summed E-state index contributed by atoms with van der Waals surface area (Å²) in [5, 5.41) is 2.82. The summed E-state index contributed by atoms with van der Waals surface area (Å²) < 4.78 is 16.2. The second-order valence-corrected chi connectivity index (χ2v) is 6.27. The van der Waals surface area contributed by atoms with Gasteiger partial charge < -0.3 is 19.5 Å². The van der Waals surface area contributed by atoms with E-state index in [1.54, 1.807) is 32.0 Å². The molecule has 0 aliphatic carbocycles. The van der Waals surface area contributed by atoms with Crippen LogP contribution in [-0.2, 0) is 14.3 Å². The number of hydrogen-bond donors (Lipinski definition) is 1. The first-order chi connectivity index (χ1) is 12.4. The van der Waals surface area contributed by atoms with Gasteiger partial charge in [0, 0.05) is 12.8 Å². The van der Waals surface area contributed by atoms with E-state index in [1.807, 2.05) is 6.92 Å². The van der Waals surface area contributed by atoms with E-state index < -0.39 is 11.6 Å². The third kappa shape index (κ3) is 6.02. The molecule has 1 atom stereocenters. The van der Waals surface area contributed by atoms with Crippen molar-refractivity contribution in [2.45, 2.75) is 59.0 Å². The minimum atomic E-state index is -0.921. The highest BCUT2D eigenvalue weighted by molar-refractivity contribution is 5.99. The van der Waals surface area contributed by atoms with Gasteiger partial charge >= 0.3 is 5.97 Å². The monoisotopic (exact) mass is 365 g/mol. The molecule has 26 heavy (non-hydrogen) atoms. The van der Waals surface area contributed by atoms with E-state index in [4.69, 9.17) is 14.2 Å². The maximum absolute atomic E-state index is 12.6. The highest BCUT2D eigenvalue weighted by atomic mass is 16.5. The number of nitrogens with one attached hydrogen (secondary N) is 1. The van der Waals surface area contributed by atoms with Gasteiger partial charge in [-0.25, -0.2) is 4.79 Å². The second kappa shape index (κ2) is 10.8. The standard InChI is InChI=1S/C20H31NO5/c1-6-9-13-26-17-11-10-15(14-16(17)18(22)25-8-3)21-19(23)20(4,24-5)12-7-2/h10-11,14H,6-9,12-13H2,1-5H3,(H,21,23)/t20-/m0/s1.